The van der Waals surface area contributed by atoms with Crippen molar-refractivity contribution in [3.05, 3.63) is 17.3 Å². The first-order valence-electron chi connectivity index (χ1n) is 2.71. The third-order valence-corrected chi connectivity index (χ3v) is 1.24. The second-order valence-electron chi connectivity index (χ2n) is 1.81. The Kier molecular flexibility index (Phi) is 2.26. The van der Waals surface area contributed by atoms with Crippen LogP contribution >= 0.6 is 11.6 Å². The fourth-order valence-electron chi connectivity index (χ4n) is 0.527. The quantitative estimate of drug-likeness (QED) is 0.657. The molecule has 1 atom stereocenters. The van der Waals surface area contributed by atoms with E-state index in [0.717, 1.165) is 0 Å². The highest BCUT2D eigenvalue weighted by Crippen LogP contribution is 2.12. The highest BCUT2D eigenvalue weighted by Gasteiger charge is 2.08. The van der Waals surface area contributed by atoms with Crippen LogP contribution in [0.4, 0.5) is 0 Å². The molecule has 0 saturated heterocycles. The molecule has 1 rings (SSSR count). The summed E-state index contributed by atoms with van der Waals surface area (Å²) in [5, 5.41) is 8.59. The van der Waals surface area contributed by atoms with Crippen molar-refractivity contribution in [1.82, 2.24) is 4.98 Å². The SMILES string of the molecule is NC(CO)c1coc(Cl)n1. The Bertz CT molecular complexity index is 213. The van der Waals surface area contributed by atoms with E-state index >= 15 is 0 Å². The van der Waals surface area contributed by atoms with Crippen LogP contribution < -0.4 is 5.73 Å². The van der Waals surface area contributed by atoms with E-state index in [0.29, 0.717) is 5.69 Å². The maximum absolute atomic E-state index is 8.55. The van der Waals surface area contributed by atoms with Gasteiger partial charge in [0.15, 0.2) is 0 Å². The second-order valence-corrected chi connectivity index (χ2v) is 2.14. The second kappa shape index (κ2) is 3.01. The van der Waals surface area contributed by atoms with Gasteiger partial charge in [-0.3, -0.25) is 0 Å². The highest BCUT2D eigenvalue weighted by molar-refractivity contribution is 6.27. The molecule has 1 heterocycles. The fourth-order valence-corrected chi connectivity index (χ4v) is 0.669. The number of aliphatic hydroxyl groups excluding tert-OH is 1. The van der Waals surface area contributed by atoms with Crippen molar-refractivity contribution in [3.63, 3.8) is 0 Å². The summed E-state index contributed by atoms with van der Waals surface area (Å²) in [4.78, 5) is 3.70. The van der Waals surface area contributed by atoms with Crippen LogP contribution in [0.5, 0.6) is 0 Å². The van der Waals surface area contributed by atoms with Crippen molar-refractivity contribution >= 4 is 11.6 Å². The van der Waals surface area contributed by atoms with E-state index < -0.39 is 6.04 Å². The van der Waals surface area contributed by atoms with Gasteiger partial charge >= 0.3 is 0 Å². The molecule has 56 valence electrons. The topological polar surface area (TPSA) is 72.3 Å². The van der Waals surface area contributed by atoms with Crippen LogP contribution in [0.1, 0.15) is 11.7 Å². The molecule has 0 radical (unpaired) electrons. The summed E-state index contributed by atoms with van der Waals surface area (Å²) in [6, 6.07) is -0.503. The van der Waals surface area contributed by atoms with Gasteiger partial charge in [-0.25, -0.2) is 4.98 Å². The van der Waals surface area contributed by atoms with E-state index in [2.05, 4.69) is 9.40 Å². The van der Waals surface area contributed by atoms with Crippen molar-refractivity contribution in [2.24, 2.45) is 5.73 Å². The van der Waals surface area contributed by atoms with Gasteiger partial charge in [-0.2, -0.15) is 0 Å². The first-order valence-corrected chi connectivity index (χ1v) is 3.09. The predicted octanol–water partition coefficient (Wildman–Crippen LogP) is 0.320. The lowest BCUT2D eigenvalue weighted by Gasteiger charge is -1.99. The molecule has 10 heavy (non-hydrogen) atoms. The minimum absolute atomic E-state index is 0.0406. The van der Waals surface area contributed by atoms with E-state index in [9.17, 15) is 0 Å². The van der Waals surface area contributed by atoms with Crippen LogP contribution in [0.25, 0.3) is 0 Å². The molecule has 0 bridgehead atoms. The van der Waals surface area contributed by atoms with Crippen molar-refractivity contribution in [3.8, 4) is 0 Å². The summed E-state index contributed by atoms with van der Waals surface area (Å²) >= 11 is 5.35. The average Bonchev–Trinajstić information content (AvgIpc) is 2.34. The zero-order chi connectivity index (χ0) is 7.56. The van der Waals surface area contributed by atoms with Crippen molar-refractivity contribution in [2.45, 2.75) is 6.04 Å². The van der Waals surface area contributed by atoms with Crippen molar-refractivity contribution in [1.29, 1.82) is 0 Å². The number of aliphatic hydroxyl groups is 1. The summed E-state index contributed by atoms with van der Waals surface area (Å²) < 4.78 is 4.65. The number of hydrogen-bond acceptors (Lipinski definition) is 4. The van der Waals surface area contributed by atoms with E-state index in [1.807, 2.05) is 0 Å². The van der Waals surface area contributed by atoms with Gasteiger partial charge in [0.2, 0.25) is 0 Å². The zero-order valence-corrected chi connectivity index (χ0v) is 5.88. The highest BCUT2D eigenvalue weighted by atomic mass is 35.5. The van der Waals surface area contributed by atoms with Crippen LogP contribution in [0.2, 0.25) is 5.35 Å². The van der Waals surface area contributed by atoms with Crippen LogP contribution in [0.3, 0.4) is 0 Å². The lowest BCUT2D eigenvalue weighted by molar-refractivity contribution is 0.265. The van der Waals surface area contributed by atoms with Crippen LogP contribution in [0.15, 0.2) is 10.7 Å². The number of halogens is 1. The summed E-state index contributed by atoms with van der Waals surface area (Å²) in [5.74, 6) is 0. The van der Waals surface area contributed by atoms with Crippen molar-refractivity contribution in [2.75, 3.05) is 6.61 Å². The maximum atomic E-state index is 8.55. The molecule has 5 heteroatoms. The first kappa shape index (κ1) is 7.53. The monoisotopic (exact) mass is 162 g/mol. The Morgan fingerprint density at radius 3 is 3.00 bits per heavy atom. The largest absolute Gasteiger partial charge is 0.436 e. The Labute approximate surface area is 62.6 Å². The van der Waals surface area contributed by atoms with Gasteiger partial charge in [-0.05, 0) is 11.6 Å². The molecule has 1 aromatic heterocycles. The number of nitrogens with two attached hydrogens (primary N) is 1. The van der Waals surface area contributed by atoms with Crippen LogP contribution in [-0.4, -0.2) is 16.7 Å². The molecule has 0 aromatic carbocycles. The molecule has 1 unspecified atom stereocenters. The minimum atomic E-state index is -0.503. The Hall–Kier alpha value is -0.580. The van der Waals surface area contributed by atoms with Gasteiger partial charge in [0.25, 0.3) is 5.35 Å². The summed E-state index contributed by atoms with van der Waals surface area (Å²) in [6.45, 7) is -0.164. The Morgan fingerprint density at radius 2 is 2.60 bits per heavy atom. The first-order chi connectivity index (χ1) is 4.74. The summed E-state index contributed by atoms with van der Waals surface area (Å²) in [6.07, 6.45) is 1.32. The molecule has 0 saturated carbocycles. The lowest BCUT2D eigenvalue weighted by Crippen LogP contribution is -2.14. The molecule has 0 fully saturated rings. The number of rotatable bonds is 2. The zero-order valence-electron chi connectivity index (χ0n) is 5.12. The third kappa shape index (κ3) is 1.47. The van der Waals surface area contributed by atoms with Gasteiger partial charge in [-0.15, -0.1) is 0 Å². The molecule has 0 amide bonds. The predicted molar refractivity (Wildman–Crippen MR) is 35.5 cm³/mol. The van der Waals surface area contributed by atoms with E-state index in [4.69, 9.17) is 22.4 Å². The molecule has 3 N–H and O–H groups in total. The number of oxazole rings is 1. The molecular weight excluding hydrogens is 156 g/mol. The average molecular weight is 163 g/mol. The van der Waals surface area contributed by atoms with Gasteiger partial charge in [-0.1, -0.05) is 0 Å². The van der Waals surface area contributed by atoms with E-state index in [-0.39, 0.29) is 12.0 Å². The van der Waals surface area contributed by atoms with Gasteiger partial charge in [0, 0.05) is 0 Å². The van der Waals surface area contributed by atoms with E-state index in [1.54, 1.807) is 0 Å². The number of aromatic nitrogens is 1. The molecule has 0 spiro atoms. The van der Waals surface area contributed by atoms with E-state index in [1.165, 1.54) is 6.26 Å². The summed E-state index contributed by atoms with van der Waals surface area (Å²) in [7, 11) is 0. The molecule has 1 aromatic rings. The smallest absolute Gasteiger partial charge is 0.292 e. The lowest BCUT2D eigenvalue weighted by atomic mass is 10.3. The normalized spacial score (nSPS) is 13.5. The Morgan fingerprint density at radius 1 is 1.90 bits per heavy atom. The molecule has 0 aliphatic heterocycles. The minimum Gasteiger partial charge on any atom is -0.436 e. The van der Waals surface area contributed by atoms with Crippen molar-refractivity contribution < 1.29 is 9.52 Å². The summed E-state index contributed by atoms with van der Waals surface area (Å²) in [5.41, 5.74) is 5.84. The molecule has 4 nitrogen and oxygen atoms in total. The molecular formula is C5H7ClN2O2. The van der Waals surface area contributed by atoms with Crippen LogP contribution in [-0.2, 0) is 0 Å². The third-order valence-electron chi connectivity index (χ3n) is 1.07. The molecule has 0 aliphatic rings. The van der Waals surface area contributed by atoms with Crippen LogP contribution in [0, 0.1) is 0 Å². The fraction of sp³-hybridized carbons (Fsp3) is 0.400. The van der Waals surface area contributed by atoms with Gasteiger partial charge in [0.1, 0.15) is 6.26 Å². The standard InChI is InChI=1S/C5H7ClN2O2/c6-5-8-4(2-10-5)3(7)1-9/h2-3,9H,1,7H2. The maximum Gasteiger partial charge on any atom is 0.292 e. The molecule has 0 aliphatic carbocycles. The van der Waals surface area contributed by atoms with Gasteiger partial charge in [0.05, 0.1) is 18.3 Å². The van der Waals surface area contributed by atoms with Gasteiger partial charge < -0.3 is 15.3 Å². The number of nitrogens with zero attached hydrogens (tertiary/aromatic N) is 1. The number of hydrogen-bond donors (Lipinski definition) is 2. The Balaban J connectivity index is 2.74.